The summed E-state index contributed by atoms with van der Waals surface area (Å²) in [6.07, 6.45) is 9.17. The van der Waals surface area contributed by atoms with Crippen LogP contribution in [0.15, 0.2) is 24.3 Å². The molecule has 2 aliphatic rings. The number of amides is 1. The first kappa shape index (κ1) is 18.2. The molecule has 1 amide bonds. The molecular formula is C21H32N2O2. The van der Waals surface area contributed by atoms with Crippen LogP contribution in [0.2, 0.25) is 0 Å². The van der Waals surface area contributed by atoms with Crippen LogP contribution in [-0.4, -0.2) is 43.6 Å². The minimum atomic E-state index is 0.279. The zero-order valence-electron chi connectivity index (χ0n) is 15.5. The molecule has 1 saturated carbocycles. The van der Waals surface area contributed by atoms with E-state index in [0.29, 0.717) is 11.9 Å². The summed E-state index contributed by atoms with van der Waals surface area (Å²) < 4.78 is 5.21. The van der Waals surface area contributed by atoms with E-state index < -0.39 is 0 Å². The van der Waals surface area contributed by atoms with E-state index in [1.165, 1.54) is 24.8 Å². The Kier molecular flexibility index (Phi) is 6.74. The maximum atomic E-state index is 12.4. The van der Waals surface area contributed by atoms with E-state index in [1.54, 1.807) is 7.11 Å². The topological polar surface area (TPSA) is 41.6 Å². The van der Waals surface area contributed by atoms with Crippen molar-refractivity contribution in [1.29, 1.82) is 0 Å². The number of carbonyl (C=O) groups excluding carboxylic acids is 1. The summed E-state index contributed by atoms with van der Waals surface area (Å²) in [6.45, 7) is 3.27. The van der Waals surface area contributed by atoms with E-state index in [4.69, 9.17) is 4.74 Å². The summed E-state index contributed by atoms with van der Waals surface area (Å²) in [5, 5.41) is 3.32. The molecule has 0 atom stereocenters. The van der Waals surface area contributed by atoms with Gasteiger partial charge < -0.3 is 15.0 Å². The molecule has 138 valence electrons. The van der Waals surface area contributed by atoms with Gasteiger partial charge in [-0.05, 0) is 49.8 Å². The normalized spacial score (nSPS) is 20.4. The van der Waals surface area contributed by atoms with Gasteiger partial charge in [0.2, 0.25) is 5.91 Å². The van der Waals surface area contributed by atoms with Crippen molar-refractivity contribution in [3.8, 4) is 5.75 Å². The Balaban J connectivity index is 1.35. The molecule has 1 aliphatic heterocycles. The first-order valence-corrected chi connectivity index (χ1v) is 9.90. The van der Waals surface area contributed by atoms with Gasteiger partial charge in [-0.15, -0.1) is 0 Å². The van der Waals surface area contributed by atoms with Crippen molar-refractivity contribution >= 4 is 5.91 Å². The Labute approximate surface area is 151 Å². The lowest BCUT2D eigenvalue weighted by molar-refractivity contribution is -0.127. The van der Waals surface area contributed by atoms with Crippen LogP contribution in [0.3, 0.4) is 0 Å². The second kappa shape index (κ2) is 9.23. The molecule has 1 N–H and O–H groups in total. The van der Waals surface area contributed by atoms with E-state index in [2.05, 4.69) is 22.3 Å². The maximum absolute atomic E-state index is 12.4. The monoisotopic (exact) mass is 344 g/mol. The molecule has 1 aromatic carbocycles. The van der Waals surface area contributed by atoms with E-state index >= 15 is 0 Å². The van der Waals surface area contributed by atoms with Crippen molar-refractivity contribution in [3.63, 3.8) is 0 Å². The number of rotatable bonds is 6. The van der Waals surface area contributed by atoms with Crippen LogP contribution < -0.4 is 10.1 Å². The molecule has 25 heavy (non-hydrogen) atoms. The first-order valence-electron chi connectivity index (χ1n) is 9.90. The predicted molar refractivity (Wildman–Crippen MR) is 101 cm³/mol. The van der Waals surface area contributed by atoms with Crippen LogP contribution in [0.1, 0.15) is 50.5 Å². The molecule has 0 aromatic heterocycles. The van der Waals surface area contributed by atoms with E-state index in [9.17, 15) is 4.79 Å². The van der Waals surface area contributed by atoms with Crippen LogP contribution in [0, 0.1) is 5.92 Å². The van der Waals surface area contributed by atoms with Gasteiger partial charge in [0.15, 0.2) is 0 Å². The highest BCUT2D eigenvalue weighted by molar-refractivity contribution is 5.79. The van der Waals surface area contributed by atoms with Crippen molar-refractivity contribution in [3.05, 3.63) is 29.8 Å². The largest absolute Gasteiger partial charge is 0.497 e. The third kappa shape index (κ3) is 5.46. The maximum Gasteiger partial charge on any atom is 0.223 e. The van der Waals surface area contributed by atoms with Gasteiger partial charge >= 0.3 is 0 Å². The second-order valence-electron chi connectivity index (χ2n) is 7.56. The van der Waals surface area contributed by atoms with Gasteiger partial charge in [0.1, 0.15) is 5.75 Å². The summed E-state index contributed by atoms with van der Waals surface area (Å²) in [6, 6.07) is 8.74. The summed E-state index contributed by atoms with van der Waals surface area (Å²) in [5.41, 5.74) is 1.36. The Morgan fingerprint density at radius 1 is 1.08 bits per heavy atom. The molecule has 0 bridgehead atoms. The number of nitrogens with one attached hydrogen (secondary N) is 1. The van der Waals surface area contributed by atoms with Gasteiger partial charge in [-0.1, -0.05) is 31.4 Å². The number of hydrogen-bond donors (Lipinski definition) is 1. The highest BCUT2D eigenvalue weighted by atomic mass is 16.5. The van der Waals surface area contributed by atoms with Crippen LogP contribution in [0.25, 0.3) is 0 Å². The minimum absolute atomic E-state index is 0.279. The van der Waals surface area contributed by atoms with E-state index in [0.717, 1.165) is 57.5 Å². The summed E-state index contributed by atoms with van der Waals surface area (Å²) in [7, 11) is 1.70. The highest BCUT2D eigenvalue weighted by Crippen LogP contribution is 2.24. The zero-order chi connectivity index (χ0) is 17.5. The van der Waals surface area contributed by atoms with Crippen LogP contribution >= 0.6 is 0 Å². The Morgan fingerprint density at radius 2 is 1.76 bits per heavy atom. The minimum Gasteiger partial charge on any atom is -0.497 e. The zero-order valence-corrected chi connectivity index (χ0v) is 15.5. The number of hydrogen-bond acceptors (Lipinski definition) is 3. The standard InChI is InChI=1S/C21H32N2O2/c1-25-20-9-7-17(8-10-20)11-14-23-15-12-19(13-16-23)22-21(24)18-5-3-2-4-6-18/h7-10,18-19H,2-6,11-16H2,1H3,(H,22,24). The lowest BCUT2D eigenvalue weighted by atomic mass is 9.88. The summed E-state index contributed by atoms with van der Waals surface area (Å²) >= 11 is 0. The fraction of sp³-hybridized carbons (Fsp3) is 0.667. The lowest BCUT2D eigenvalue weighted by Gasteiger charge is -2.33. The number of ether oxygens (including phenoxy) is 1. The van der Waals surface area contributed by atoms with Crippen molar-refractivity contribution in [2.24, 2.45) is 5.92 Å². The third-order valence-electron chi connectivity index (χ3n) is 5.79. The fourth-order valence-corrected chi connectivity index (χ4v) is 4.06. The number of likely N-dealkylation sites (tertiary alicyclic amines) is 1. The van der Waals surface area contributed by atoms with Gasteiger partial charge in [-0.2, -0.15) is 0 Å². The van der Waals surface area contributed by atoms with Crippen LogP contribution in [0.4, 0.5) is 0 Å². The van der Waals surface area contributed by atoms with Gasteiger partial charge in [0.05, 0.1) is 7.11 Å². The predicted octanol–water partition coefficient (Wildman–Crippen LogP) is 3.40. The van der Waals surface area contributed by atoms with Gasteiger partial charge in [0.25, 0.3) is 0 Å². The third-order valence-corrected chi connectivity index (χ3v) is 5.79. The molecule has 2 fully saturated rings. The van der Waals surface area contributed by atoms with Crippen molar-refractivity contribution in [2.75, 3.05) is 26.7 Å². The SMILES string of the molecule is COc1ccc(CCN2CCC(NC(=O)C3CCCCC3)CC2)cc1. The molecule has 1 saturated heterocycles. The molecule has 1 aromatic rings. The fourth-order valence-electron chi connectivity index (χ4n) is 4.06. The number of benzene rings is 1. The molecule has 1 aliphatic carbocycles. The molecule has 4 heteroatoms. The van der Waals surface area contributed by atoms with Crippen LogP contribution in [0.5, 0.6) is 5.75 Å². The van der Waals surface area contributed by atoms with E-state index in [-0.39, 0.29) is 5.92 Å². The Hall–Kier alpha value is -1.55. The Bertz CT molecular complexity index is 529. The van der Waals surface area contributed by atoms with Gasteiger partial charge in [0, 0.05) is 31.6 Å². The molecule has 0 radical (unpaired) electrons. The van der Waals surface area contributed by atoms with Crippen molar-refractivity contribution in [2.45, 2.75) is 57.4 Å². The average molecular weight is 344 g/mol. The second-order valence-corrected chi connectivity index (χ2v) is 7.56. The molecule has 4 nitrogen and oxygen atoms in total. The number of piperidine rings is 1. The molecule has 0 unspecified atom stereocenters. The van der Waals surface area contributed by atoms with Crippen molar-refractivity contribution in [1.82, 2.24) is 10.2 Å². The van der Waals surface area contributed by atoms with Gasteiger partial charge in [-0.3, -0.25) is 4.79 Å². The number of methoxy groups -OCH3 is 1. The lowest BCUT2D eigenvalue weighted by Crippen LogP contribution is -2.46. The van der Waals surface area contributed by atoms with Crippen molar-refractivity contribution < 1.29 is 9.53 Å². The average Bonchev–Trinajstić information content (AvgIpc) is 2.68. The quantitative estimate of drug-likeness (QED) is 0.860. The summed E-state index contributed by atoms with van der Waals surface area (Å²) in [5.74, 6) is 1.51. The highest BCUT2D eigenvalue weighted by Gasteiger charge is 2.25. The van der Waals surface area contributed by atoms with Crippen LogP contribution in [-0.2, 0) is 11.2 Å². The van der Waals surface area contributed by atoms with Gasteiger partial charge in [-0.25, -0.2) is 0 Å². The molecule has 1 heterocycles. The number of carbonyl (C=O) groups is 1. The molecule has 3 rings (SSSR count). The number of nitrogens with zero attached hydrogens (tertiary/aromatic N) is 1. The van der Waals surface area contributed by atoms with E-state index in [1.807, 2.05) is 12.1 Å². The summed E-state index contributed by atoms with van der Waals surface area (Å²) in [4.78, 5) is 14.9. The smallest absolute Gasteiger partial charge is 0.223 e. The first-order chi connectivity index (χ1) is 12.2. The molecular weight excluding hydrogens is 312 g/mol. The molecule has 0 spiro atoms. The Morgan fingerprint density at radius 3 is 2.40 bits per heavy atom.